The Kier molecular flexibility index (Phi) is 1.19. The lowest BCUT2D eigenvalue weighted by Gasteiger charge is -2.11. The standard InChI is InChI=1S/C8H9BN/c1-10-6-9-7-4-2-3-5-8(7)10/h2-5H,6H2,1H3. The highest BCUT2D eigenvalue weighted by Gasteiger charge is 2.14. The van der Waals surface area contributed by atoms with E-state index in [-0.39, 0.29) is 0 Å². The van der Waals surface area contributed by atoms with Gasteiger partial charge in [0.1, 0.15) is 0 Å². The van der Waals surface area contributed by atoms with Crippen LogP contribution in [0.5, 0.6) is 0 Å². The van der Waals surface area contributed by atoms with Gasteiger partial charge >= 0.3 is 0 Å². The number of nitrogens with zero attached hydrogens (tertiary/aromatic N) is 1. The van der Waals surface area contributed by atoms with E-state index in [0.29, 0.717) is 0 Å². The van der Waals surface area contributed by atoms with Crippen LogP contribution in [0, 0.1) is 0 Å². The predicted molar refractivity (Wildman–Crippen MR) is 45.1 cm³/mol. The van der Waals surface area contributed by atoms with Gasteiger partial charge in [-0.3, -0.25) is 0 Å². The molecule has 49 valence electrons. The zero-order chi connectivity index (χ0) is 6.97. The molecule has 1 heterocycles. The van der Waals surface area contributed by atoms with Crippen molar-refractivity contribution < 1.29 is 0 Å². The molecule has 0 atom stereocenters. The number of benzene rings is 1. The number of rotatable bonds is 0. The van der Waals surface area contributed by atoms with Gasteiger partial charge in [-0.2, -0.15) is 0 Å². The summed E-state index contributed by atoms with van der Waals surface area (Å²) in [7, 11) is 4.36. The summed E-state index contributed by atoms with van der Waals surface area (Å²) in [5.74, 6) is 0. The molecule has 0 saturated carbocycles. The van der Waals surface area contributed by atoms with Crippen molar-refractivity contribution in [1.82, 2.24) is 0 Å². The third-order valence-corrected chi connectivity index (χ3v) is 1.93. The summed E-state index contributed by atoms with van der Waals surface area (Å²) in [6.07, 6.45) is 1.05. The molecule has 1 radical (unpaired) electrons. The van der Waals surface area contributed by atoms with Gasteiger partial charge < -0.3 is 4.90 Å². The molecule has 0 unspecified atom stereocenters. The van der Waals surface area contributed by atoms with Crippen molar-refractivity contribution in [1.29, 1.82) is 0 Å². The first kappa shape index (κ1) is 5.84. The minimum Gasteiger partial charge on any atom is -0.383 e. The van der Waals surface area contributed by atoms with E-state index >= 15 is 0 Å². The second-order valence-corrected chi connectivity index (χ2v) is 2.64. The Morgan fingerprint density at radius 3 is 3.00 bits per heavy atom. The average Bonchev–Trinajstić information content (AvgIpc) is 2.34. The summed E-state index contributed by atoms with van der Waals surface area (Å²) in [5.41, 5.74) is 2.72. The maximum absolute atomic E-state index is 2.25. The van der Waals surface area contributed by atoms with E-state index in [1.165, 1.54) is 11.2 Å². The molecule has 1 aliphatic rings. The first-order valence-electron chi connectivity index (χ1n) is 3.51. The van der Waals surface area contributed by atoms with E-state index in [2.05, 4.69) is 43.5 Å². The van der Waals surface area contributed by atoms with Gasteiger partial charge in [0.05, 0.1) is 0 Å². The molecule has 0 bridgehead atoms. The first-order valence-corrected chi connectivity index (χ1v) is 3.51. The molecule has 0 fully saturated rings. The number of para-hydroxylation sites is 1. The fourth-order valence-electron chi connectivity index (χ4n) is 1.34. The monoisotopic (exact) mass is 130 g/mol. The summed E-state index contributed by atoms with van der Waals surface area (Å²) < 4.78 is 0. The van der Waals surface area contributed by atoms with E-state index in [1.54, 1.807) is 0 Å². The Hall–Kier alpha value is -0.915. The summed E-state index contributed by atoms with van der Waals surface area (Å²) in [6, 6.07) is 8.46. The maximum atomic E-state index is 2.25. The molecule has 10 heavy (non-hydrogen) atoms. The smallest absolute Gasteiger partial charge is 0.179 e. The minimum absolute atomic E-state index is 1.05. The summed E-state index contributed by atoms with van der Waals surface area (Å²) in [4.78, 5) is 2.25. The zero-order valence-electron chi connectivity index (χ0n) is 6.04. The molecular formula is C8H9BN. The third kappa shape index (κ3) is 0.720. The number of hydrogen-bond donors (Lipinski definition) is 0. The van der Waals surface area contributed by atoms with Crippen LogP contribution in [0.4, 0.5) is 5.69 Å². The van der Waals surface area contributed by atoms with Gasteiger partial charge in [0.15, 0.2) is 7.28 Å². The minimum atomic E-state index is 1.05. The molecule has 2 heteroatoms. The molecule has 0 spiro atoms. The van der Waals surface area contributed by atoms with E-state index in [9.17, 15) is 0 Å². The van der Waals surface area contributed by atoms with Gasteiger partial charge in [0.25, 0.3) is 0 Å². The molecule has 0 saturated heterocycles. The van der Waals surface area contributed by atoms with Crippen LogP contribution < -0.4 is 10.4 Å². The number of fused-ring (bicyclic) bond motifs is 1. The number of anilines is 1. The molecule has 1 aromatic rings. The molecule has 0 aliphatic carbocycles. The highest BCUT2D eigenvalue weighted by atomic mass is 15.1. The summed E-state index contributed by atoms with van der Waals surface area (Å²) in [6.45, 7) is 0. The molecule has 0 N–H and O–H groups in total. The van der Waals surface area contributed by atoms with Gasteiger partial charge in [-0.25, -0.2) is 0 Å². The molecule has 0 aromatic heterocycles. The van der Waals surface area contributed by atoms with E-state index in [4.69, 9.17) is 0 Å². The lowest BCUT2D eigenvalue weighted by atomic mass is 9.73. The second kappa shape index (κ2) is 2.05. The highest BCUT2D eigenvalue weighted by Crippen LogP contribution is 2.12. The molecule has 1 nitrogen and oxygen atoms in total. The fourth-order valence-corrected chi connectivity index (χ4v) is 1.34. The van der Waals surface area contributed by atoms with Crippen LogP contribution in [-0.4, -0.2) is 20.8 Å². The van der Waals surface area contributed by atoms with Crippen molar-refractivity contribution in [3.63, 3.8) is 0 Å². The Morgan fingerprint density at radius 1 is 1.40 bits per heavy atom. The van der Waals surface area contributed by atoms with Gasteiger partial charge in [-0.05, 0) is 12.5 Å². The average molecular weight is 130 g/mol. The van der Waals surface area contributed by atoms with Crippen LogP contribution in [0.15, 0.2) is 24.3 Å². The topological polar surface area (TPSA) is 3.24 Å². The zero-order valence-corrected chi connectivity index (χ0v) is 6.04. The van der Waals surface area contributed by atoms with Gasteiger partial charge in [-0.1, -0.05) is 23.7 Å². The van der Waals surface area contributed by atoms with Crippen molar-refractivity contribution in [3.05, 3.63) is 24.3 Å². The Labute approximate surface area is 61.9 Å². The van der Waals surface area contributed by atoms with Crippen LogP contribution in [0.1, 0.15) is 0 Å². The van der Waals surface area contributed by atoms with Crippen molar-refractivity contribution in [3.8, 4) is 0 Å². The van der Waals surface area contributed by atoms with Gasteiger partial charge in [0, 0.05) is 12.7 Å². The Balaban J connectivity index is 2.51. The molecule has 1 aliphatic heterocycles. The highest BCUT2D eigenvalue weighted by molar-refractivity contribution is 6.58. The first-order chi connectivity index (χ1) is 4.88. The molecule has 2 rings (SSSR count). The molecule has 0 amide bonds. The van der Waals surface area contributed by atoms with Crippen molar-refractivity contribution >= 4 is 18.4 Å². The Bertz CT molecular complexity index is 247. The van der Waals surface area contributed by atoms with Crippen LogP contribution in [0.25, 0.3) is 0 Å². The van der Waals surface area contributed by atoms with Gasteiger partial charge in [0.2, 0.25) is 0 Å². The second-order valence-electron chi connectivity index (χ2n) is 2.64. The molecule has 1 aromatic carbocycles. The van der Waals surface area contributed by atoms with Crippen LogP contribution in [0.2, 0.25) is 0 Å². The van der Waals surface area contributed by atoms with Crippen molar-refractivity contribution in [2.24, 2.45) is 0 Å². The van der Waals surface area contributed by atoms with E-state index < -0.39 is 0 Å². The summed E-state index contributed by atoms with van der Waals surface area (Å²) in [5, 5.41) is 0. The quantitative estimate of drug-likeness (QED) is 0.460. The van der Waals surface area contributed by atoms with Gasteiger partial charge in [-0.15, -0.1) is 0 Å². The van der Waals surface area contributed by atoms with Crippen LogP contribution >= 0.6 is 0 Å². The SMILES string of the molecule is CN1C[B]c2ccccc21. The largest absolute Gasteiger partial charge is 0.383 e. The normalized spacial score (nSPS) is 14.7. The number of hydrogen-bond acceptors (Lipinski definition) is 1. The molecular weight excluding hydrogens is 121 g/mol. The third-order valence-electron chi connectivity index (χ3n) is 1.93. The van der Waals surface area contributed by atoms with Crippen molar-refractivity contribution in [2.75, 3.05) is 18.4 Å². The fraction of sp³-hybridized carbons (Fsp3) is 0.250. The Morgan fingerprint density at radius 2 is 2.20 bits per heavy atom. The lowest BCUT2D eigenvalue weighted by molar-refractivity contribution is 1.11. The van der Waals surface area contributed by atoms with E-state index in [1.807, 2.05) is 0 Å². The van der Waals surface area contributed by atoms with Crippen molar-refractivity contribution in [2.45, 2.75) is 0 Å². The maximum Gasteiger partial charge on any atom is 0.179 e. The van der Waals surface area contributed by atoms with Crippen LogP contribution in [-0.2, 0) is 0 Å². The summed E-state index contributed by atoms with van der Waals surface area (Å²) >= 11 is 0. The van der Waals surface area contributed by atoms with E-state index in [0.717, 1.165) is 6.44 Å². The van der Waals surface area contributed by atoms with Crippen LogP contribution in [0.3, 0.4) is 0 Å². The lowest BCUT2D eigenvalue weighted by Crippen LogP contribution is -2.14. The predicted octanol–water partition coefficient (Wildman–Crippen LogP) is 0.423.